The molecule has 41 heavy (non-hydrogen) atoms. The summed E-state index contributed by atoms with van der Waals surface area (Å²) >= 11 is 5.70. The highest BCUT2D eigenvalue weighted by Gasteiger charge is 2.36. The molecule has 216 valence electrons. The van der Waals surface area contributed by atoms with Crippen LogP contribution in [0.5, 0.6) is 0 Å². The Morgan fingerprint density at radius 1 is 1.00 bits per heavy atom. The lowest BCUT2D eigenvalue weighted by molar-refractivity contribution is -0.143. The molecular formula is C29H33ClN6O5. The van der Waals surface area contributed by atoms with Crippen LogP contribution < -0.4 is 10.2 Å². The molecule has 0 spiro atoms. The van der Waals surface area contributed by atoms with E-state index in [-0.39, 0.29) is 43.2 Å². The van der Waals surface area contributed by atoms with Gasteiger partial charge in [0.05, 0.1) is 24.7 Å². The van der Waals surface area contributed by atoms with Gasteiger partial charge in [0.2, 0.25) is 0 Å². The molecule has 5 rings (SSSR count). The number of amides is 2. The first-order chi connectivity index (χ1) is 19.9. The minimum absolute atomic E-state index is 0.00122. The first-order valence-electron chi connectivity index (χ1n) is 13.4. The lowest BCUT2D eigenvalue weighted by atomic mass is 10.1. The molecule has 1 unspecified atom stereocenters. The van der Waals surface area contributed by atoms with Gasteiger partial charge in [-0.2, -0.15) is 4.68 Å². The summed E-state index contributed by atoms with van der Waals surface area (Å²) in [4.78, 5) is 45.7. The van der Waals surface area contributed by atoms with Crippen LogP contribution in [-0.2, 0) is 27.4 Å². The second-order valence-corrected chi connectivity index (χ2v) is 10.4. The number of piperazine rings is 1. The zero-order valence-corrected chi connectivity index (χ0v) is 23.8. The Hall–Kier alpha value is -3.93. The van der Waals surface area contributed by atoms with E-state index in [0.717, 1.165) is 36.5 Å². The van der Waals surface area contributed by atoms with Gasteiger partial charge in [0.15, 0.2) is 11.9 Å². The van der Waals surface area contributed by atoms with Crippen molar-refractivity contribution in [1.82, 2.24) is 19.6 Å². The first-order valence-corrected chi connectivity index (χ1v) is 14.0. The second kappa shape index (κ2) is 12.7. The van der Waals surface area contributed by atoms with Crippen molar-refractivity contribution in [2.45, 2.75) is 19.2 Å². The summed E-state index contributed by atoms with van der Waals surface area (Å²) in [5, 5.41) is 7.19. The predicted molar refractivity (Wildman–Crippen MR) is 154 cm³/mol. The van der Waals surface area contributed by atoms with Gasteiger partial charge in [-0.25, -0.2) is 4.79 Å². The molecule has 0 saturated carbocycles. The number of aromatic nitrogens is 2. The lowest BCUT2D eigenvalue weighted by Crippen LogP contribution is -2.44. The van der Waals surface area contributed by atoms with E-state index in [1.165, 1.54) is 7.11 Å². The van der Waals surface area contributed by atoms with E-state index in [2.05, 4.69) is 27.3 Å². The summed E-state index contributed by atoms with van der Waals surface area (Å²) < 4.78 is 11.8. The zero-order valence-electron chi connectivity index (χ0n) is 23.1. The Morgan fingerprint density at radius 3 is 2.37 bits per heavy atom. The average Bonchev–Trinajstić information content (AvgIpc) is 3.58. The number of halogens is 1. The van der Waals surface area contributed by atoms with Crippen LogP contribution in [0.1, 0.15) is 33.3 Å². The van der Waals surface area contributed by atoms with Gasteiger partial charge in [0, 0.05) is 50.1 Å². The third-order valence-electron chi connectivity index (χ3n) is 7.36. The van der Waals surface area contributed by atoms with Crippen molar-refractivity contribution in [1.29, 1.82) is 0 Å². The Balaban J connectivity index is 1.35. The van der Waals surface area contributed by atoms with Crippen molar-refractivity contribution < 1.29 is 23.9 Å². The topological polar surface area (TPSA) is 109 Å². The van der Waals surface area contributed by atoms with E-state index < -0.39 is 12.2 Å². The maximum absolute atomic E-state index is 13.5. The molecule has 1 aromatic heterocycles. The Kier molecular flexibility index (Phi) is 8.87. The summed E-state index contributed by atoms with van der Waals surface area (Å²) in [6.45, 7) is 4.06. The number of hydrogen-bond acceptors (Lipinski definition) is 8. The molecule has 2 aromatic carbocycles. The van der Waals surface area contributed by atoms with Gasteiger partial charge in [0.1, 0.15) is 6.61 Å². The number of fused-ring (bicyclic) bond motifs is 1. The molecule has 2 aliphatic rings. The van der Waals surface area contributed by atoms with Crippen LogP contribution in [0.4, 0.5) is 16.3 Å². The van der Waals surface area contributed by atoms with Crippen molar-refractivity contribution in [3.05, 3.63) is 77.0 Å². The van der Waals surface area contributed by atoms with Crippen molar-refractivity contribution in [3.63, 3.8) is 0 Å². The maximum atomic E-state index is 13.5. The van der Waals surface area contributed by atoms with Gasteiger partial charge in [0.25, 0.3) is 11.8 Å². The number of ether oxygens (including phenoxy) is 2. The third-order valence-corrected chi connectivity index (χ3v) is 7.51. The molecule has 2 aliphatic heterocycles. The fraction of sp³-hybridized carbons (Fsp3) is 0.379. The molecule has 0 bridgehead atoms. The number of alkyl halides is 1. The fourth-order valence-electron chi connectivity index (χ4n) is 5.08. The zero-order chi connectivity index (χ0) is 28.9. The van der Waals surface area contributed by atoms with Gasteiger partial charge in [-0.3, -0.25) is 9.59 Å². The van der Waals surface area contributed by atoms with Crippen LogP contribution in [-0.4, -0.2) is 90.3 Å². The molecule has 1 saturated heterocycles. The van der Waals surface area contributed by atoms with Crippen molar-refractivity contribution in [3.8, 4) is 0 Å². The quantitative estimate of drug-likeness (QED) is 0.404. The Labute approximate surface area is 243 Å². The molecule has 1 fully saturated rings. The van der Waals surface area contributed by atoms with E-state index in [9.17, 15) is 14.4 Å². The lowest BCUT2D eigenvalue weighted by Gasteiger charge is -2.34. The number of hydrogen-bond donors (Lipinski definition) is 1. The van der Waals surface area contributed by atoms with Crippen molar-refractivity contribution in [2.75, 3.05) is 63.0 Å². The van der Waals surface area contributed by atoms with Crippen LogP contribution in [0, 0.1) is 0 Å². The maximum Gasteiger partial charge on any atom is 0.435 e. The molecule has 12 heteroatoms. The molecule has 3 heterocycles. The number of nitrogens with one attached hydrogen (secondary N) is 1. The molecule has 2 amide bonds. The number of nitrogens with zero attached hydrogens (tertiary/aromatic N) is 5. The molecule has 0 radical (unpaired) electrons. The van der Waals surface area contributed by atoms with Gasteiger partial charge < -0.3 is 29.5 Å². The fourth-order valence-corrected chi connectivity index (χ4v) is 5.15. The number of rotatable bonds is 8. The number of carbonyl (C=O) groups excluding carboxylic acids is 3. The summed E-state index contributed by atoms with van der Waals surface area (Å²) in [6.07, 6.45) is -1.55. The average molecular weight is 581 g/mol. The number of methoxy groups -OCH3 is 1. The largest absolute Gasteiger partial charge is 0.447 e. The standard InChI is InChI=1S/C29H33ClN6O5/c1-33-13-15-34(16-14-33)22-10-8-21(9-11-22)27(37)31-26-23-18-35(19-24(23)36(32-26)29(39)41-17-12-30)28(38)25(40-2)20-6-4-3-5-7-20/h3-11,25H,12-19H2,1-2H3,(H,31,32,37). The summed E-state index contributed by atoms with van der Waals surface area (Å²) in [6, 6.07) is 16.6. The van der Waals surface area contributed by atoms with Crippen molar-refractivity contribution in [2.24, 2.45) is 0 Å². The van der Waals surface area contributed by atoms with Crippen LogP contribution >= 0.6 is 11.6 Å². The number of benzene rings is 2. The van der Waals surface area contributed by atoms with Gasteiger partial charge in [-0.05, 0) is 36.9 Å². The van der Waals surface area contributed by atoms with E-state index in [1.54, 1.807) is 17.0 Å². The Morgan fingerprint density at radius 2 is 1.71 bits per heavy atom. The minimum atomic E-state index is -0.818. The third kappa shape index (κ3) is 6.22. The molecule has 0 aliphatic carbocycles. The number of anilines is 2. The minimum Gasteiger partial charge on any atom is -0.447 e. The van der Waals surface area contributed by atoms with Crippen LogP contribution in [0.3, 0.4) is 0 Å². The smallest absolute Gasteiger partial charge is 0.435 e. The van der Waals surface area contributed by atoms with Crippen molar-refractivity contribution >= 4 is 41.0 Å². The Bertz CT molecular complexity index is 1390. The summed E-state index contributed by atoms with van der Waals surface area (Å²) in [5.41, 5.74) is 3.24. The van der Waals surface area contributed by atoms with E-state index in [4.69, 9.17) is 21.1 Å². The van der Waals surface area contributed by atoms with E-state index in [0.29, 0.717) is 22.4 Å². The predicted octanol–water partition coefficient (Wildman–Crippen LogP) is 3.34. The molecule has 11 nitrogen and oxygen atoms in total. The van der Waals surface area contributed by atoms with E-state index in [1.807, 2.05) is 42.5 Å². The highest BCUT2D eigenvalue weighted by atomic mass is 35.5. The highest BCUT2D eigenvalue weighted by molar-refractivity contribution is 6.18. The van der Waals surface area contributed by atoms with Gasteiger partial charge in [-0.15, -0.1) is 16.7 Å². The normalized spacial score (nSPS) is 15.9. The first kappa shape index (κ1) is 28.6. The number of carbonyl (C=O) groups is 3. The molecule has 1 N–H and O–H groups in total. The highest BCUT2D eigenvalue weighted by Crippen LogP contribution is 2.32. The second-order valence-electron chi connectivity index (χ2n) is 10.0. The molecule has 1 atom stereocenters. The van der Waals surface area contributed by atoms with Crippen LogP contribution in [0.15, 0.2) is 54.6 Å². The van der Waals surface area contributed by atoms with E-state index >= 15 is 0 Å². The van der Waals surface area contributed by atoms with Gasteiger partial charge >= 0.3 is 6.09 Å². The summed E-state index contributed by atoms with van der Waals surface area (Å²) in [5.74, 6) is -0.326. The van der Waals surface area contributed by atoms with Crippen LogP contribution in [0.2, 0.25) is 0 Å². The molecule has 3 aromatic rings. The van der Waals surface area contributed by atoms with Gasteiger partial charge in [-0.1, -0.05) is 30.3 Å². The van der Waals surface area contributed by atoms with Crippen LogP contribution in [0.25, 0.3) is 0 Å². The monoisotopic (exact) mass is 580 g/mol. The SMILES string of the molecule is COC(C(=O)N1Cc2c(NC(=O)c3ccc(N4CCN(C)CC4)cc3)nn(C(=O)OCCCl)c2C1)c1ccccc1. The number of likely N-dealkylation sites (N-methyl/N-ethyl adjacent to an activating group) is 1. The molecular weight excluding hydrogens is 548 g/mol. The summed E-state index contributed by atoms with van der Waals surface area (Å²) in [7, 11) is 3.58.